The Bertz CT molecular complexity index is 178. The summed E-state index contributed by atoms with van der Waals surface area (Å²) in [5.74, 6) is 1.31. The maximum absolute atomic E-state index is 2.28. The molecular weight excluding hydrogens is 212 g/mol. The molecule has 0 unspecified atom stereocenters. The fourth-order valence-corrected chi connectivity index (χ4v) is 2.55. The lowest BCUT2D eigenvalue weighted by Crippen LogP contribution is -1.84. The van der Waals surface area contributed by atoms with E-state index in [0.717, 1.165) is 0 Å². The normalized spacial score (nSPS) is 10.5. The average molecular weight is 242 g/mol. The predicted octanol–water partition coefficient (Wildman–Crippen LogP) is 6.17. The van der Waals surface area contributed by atoms with Crippen molar-refractivity contribution in [3.63, 3.8) is 0 Å². The van der Waals surface area contributed by atoms with Crippen LogP contribution in [0.25, 0.3) is 0 Å². The quantitative estimate of drug-likeness (QED) is 0.412. The maximum atomic E-state index is 2.28. The minimum Gasteiger partial charge on any atom is -0.131 e. The van der Waals surface area contributed by atoms with Gasteiger partial charge in [-0.15, -0.1) is 11.8 Å². The van der Waals surface area contributed by atoms with Gasteiger partial charge >= 0.3 is 0 Å². The summed E-state index contributed by atoms with van der Waals surface area (Å²) in [5.41, 5.74) is 1.48. The van der Waals surface area contributed by atoms with E-state index in [4.69, 9.17) is 0 Å². The van der Waals surface area contributed by atoms with Crippen LogP contribution in [0.15, 0.2) is 10.5 Å². The van der Waals surface area contributed by atoms with E-state index in [1.807, 2.05) is 11.8 Å². The van der Waals surface area contributed by atoms with E-state index in [1.54, 1.807) is 0 Å². The van der Waals surface area contributed by atoms with Crippen molar-refractivity contribution in [2.45, 2.75) is 79.1 Å². The molecule has 0 saturated carbocycles. The SMILES string of the molecule is CCCCCCCCCCSC(C)=C(C)C. The standard InChI is InChI=1S/C15H30S/c1-5-6-7-8-9-10-11-12-13-16-15(4)14(2)3/h5-13H2,1-4H3. The molecule has 0 aromatic carbocycles. The van der Waals surface area contributed by atoms with Crippen molar-refractivity contribution in [2.24, 2.45) is 0 Å². The monoisotopic (exact) mass is 242 g/mol. The molecule has 0 aromatic rings. The smallest absolute Gasteiger partial charge is 0.00234 e. The van der Waals surface area contributed by atoms with Crippen molar-refractivity contribution in [3.05, 3.63) is 10.5 Å². The molecule has 0 aliphatic rings. The maximum Gasteiger partial charge on any atom is -0.00234 e. The second-order valence-electron chi connectivity index (χ2n) is 4.88. The molecule has 0 fully saturated rings. The Morgan fingerprint density at radius 1 is 0.750 bits per heavy atom. The number of rotatable bonds is 10. The van der Waals surface area contributed by atoms with Gasteiger partial charge in [-0.05, 0) is 37.9 Å². The van der Waals surface area contributed by atoms with Crippen molar-refractivity contribution in [1.29, 1.82) is 0 Å². The molecule has 16 heavy (non-hydrogen) atoms. The highest BCUT2D eigenvalue weighted by Crippen LogP contribution is 2.20. The molecule has 0 bridgehead atoms. The first-order valence-electron chi connectivity index (χ1n) is 6.95. The number of unbranched alkanes of at least 4 members (excludes halogenated alkanes) is 7. The van der Waals surface area contributed by atoms with E-state index in [0.29, 0.717) is 0 Å². The Morgan fingerprint density at radius 2 is 1.25 bits per heavy atom. The first kappa shape index (κ1) is 16.1. The summed E-state index contributed by atoms with van der Waals surface area (Å²) in [7, 11) is 0. The zero-order valence-corrected chi connectivity index (χ0v) is 12.6. The summed E-state index contributed by atoms with van der Waals surface area (Å²) in [4.78, 5) is 1.52. The molecule has 0 heterocycles. The Morgan fingerprint density at radius 3 is 1.75 bits per heavy atom. The van der Waals surface area contributed by atoms with Crippen LogP contribution in [0.3, 0.4) is 0 Å². The van der Waals surface area contributed by atoms with Crippen LogP contribution in [-0.2, 0) is 0 Å². The summed E-state index contributed by atoms with van der Waals surface area (Å²) < 4.78 is 0. The second-order valence-corrected chi connectivity index (χ2v) is 6.19. The van der Waals surface area contributed by atoms with E-state index >= 15 is 0 Å². The van der Waals surface area contributed by atoms with E-state index in [2.05, 4.69) is 27.7 Å². The molecular formula is C15H30S. The number of hydrogen-bond donors (Lipinski definition) is 0. The zero-order valence-electron chi connectivity index (χ0n) is 11.8. The molecule has 1 heteroatoms. The van der Waals surface area contributed by atoms with Crippen molar-refractivity contribution >= 4 is 11.8 Å². The van der Waals surface area contributed by atoms with Crippen LogP contribution in [0.2, 0.25) is 0 Å². The van der Waals surface area contributed by atoms with Crippen LogP contribution in [0.1, 0.15) is 79.1 Å². The third kappa shape index (κ3) is 10.6. The average Bonchev–Trinajstić information content (AvgIpc) is 2.26. The summed E-state index contributed by atoms with van der Waals surface area (Å²) in [6, 6.07) is 0. The van der Waals surface area contributed by atoms with Gasteiger partial charge in [0, 0.05) is 0 Å². The number of allylic oxidation sites excluding steroid dienone is 2. The summed E-state index contributed by atoms with van der Waals surface area (Å²) in [5, 5.41) is 0. The van der Waals surface area contributed by atoms with Gasteiger partial charge in [0.15, 0.2) is 0 Å². The molecule has 0 saturated heterocycles. The lowest BCUT2D eigenvalue weighted by Gasteiger charge is -2.04. The number of thioether (sulfide) groups is 1. The van der Waals surface area contributed by atoms with Crippen LogP contribution >= 0.6 is 11.8 Å². The van der Waals surface area contributed by atoms with Gasteiger partial charge in [-0.3, -0.25) is 0 Å². The summed E-state index contributed by atoms with van der Waals surface area (Å²) >= 11 is 2.04. The minimum absolute atomic E-state index is 1.31. The molecule has 0 N–H and O–H groups in total. The highest BCUT2D eigenvalue weighted by atomic mass is 32.2. The first-order valence-corrected chi connectivity index (χ1v) is 7.94. The topological polar surface area (TPSA) is 0 Å². The van der Waals surface area contributed by atoms with E-state index in [1.165, 1.54) is 67.6 Å². The lowest BCUT2D eigenvalue weighted by atomic mass is 10.1. The van der Waals surface area contributed by atoms with Gasteiger partial charge in [0.1, 0.15) is 0 Å². The van der Waals surface area contributed by atoms with Gasteiger partial charge in [-0.25, -0.2) is 0 Å². The molecule has 0 rings (SSSR count). The fraction of sp³-hybridized carbons (Fsp3) is 0.867. The van der Waals surface area contributed by atoms with Gasteiger partial charge in [-0.1, -0.05) is 57.4 Å². The van der Waals surface area contributed by atoms with E-state index in [-0.39, 0.29) is 0 Å². The van der Waals surface area contributed by atoms with E-state index < -0.39 is 0 Å². The number of hydrogen-bond acceptors (Lipinski definition) is 1. The van der Waals surface area contributed by atoms with Crippen LogP contribution in [0.5, 0.6) is 0 Å². The van der Waals surface area contributed by atoms with Crippen LogP contribution in [0.4, 0.5) is 0 Å². The molecule has 0 aliphatic heterocycles. The molecule has 0 nitrogen and oxygen atoms in total. The highest BCUT2D eigenvalue weighted by molar-refractivity contribution is 8.03. The Hall–Kier alpha value is 0.0900. The third-order valence-corrected chi connectivity index (χ3v) is 4.35. The fourth-order valence-electron chi connectivity index (χ4n) is 1.61. The molecule has 0 amide bonds. The first-order chi connectivity index (χ1) is 7.68. The van der Waals surface area contributed by atoms with Crippen LogP contribution in [-0.4, -0.2) is 5.75 Å². The molecule has 0 aliphatic carbocycles. The predicted molar refractivity (Wildman–Crippen MR) is 79.1 cm³/mol. The largest absolute Gasteiger partial charge is 0.131 e. The molecule has 0 spiro atoms. The molecule has 0 aromatic heterocycles. The van der Waals surface area contributed by atoms with Crippen molar-refractivity contribution in [1.82, 2.24) is 0 Å². The molecule has 96 valence electrons. The van der Waals surface area contributed by atoms with Gasteiger partial charge in [-0.2, -0.15) is 0 Å². The van der Waals surface area contributed by atoms with Crippen LogP contribution in [0, 0.1) is 0 Å². The van der Waals surface area contributed by atoms with Gasteiger partial charge in [0.25, 0.3) is 0 Å². The van der Waals surface area contributed by atoms with Crippen LogP contribution < -0.4 is 0 Å². The summed E-state index contributed by atoms with van der Waals surface area (Å²) in [6.07, 6.45) is 11.4. The Kier molecular flexibility index (Phi) is 11.6. The Labute approximate surface area is 107 Å². The third-order valence-electron chi connectivity index (χ3n) is 3.02. The van der Waals surface area contributed by atoms with Gasteiger partial charge in [0.05, 0.1) is 0 Å². The van der Waals surface area contributed by atoms with Gasteiger partial charge < -0.3 is 0 Å². The lowest BCUT2D eigenvalue weighted by molar-refractivity contribution is 0.586. The second kappa shape index (κ2) is 11.6. The van der Waals surface area contributed by atoms with Crippen molar-refractivity contribution < 1.29 is 0 Å². The van der Waals surface area contributed by atoms with Gasteiger partial charge in [0.2, 0.25) is 0 Å². The van der Waals surface area contributed by atoms with Crippen molar-refractivity contribution in [2.75, 3.05) is 5.75 Å². The highest BCUT2D eigenvalue weighted by Gasteiger charge is 1.95. The van der Waals surface area contributed by atoms with E-state index in [9.17, 15) is 0 Å². The summed E-state index contributed by atoms with van der Waals surface area (Å²) in [6.45, 7) is 8.93. The minimum atomic E-state index is 1.31. The molecule has 0 radical (unpaired) electrons. The van der Waals surface area contributed by atoms with Crippen molar-refractivity contribution in [3.8, 4) is 0 Å². The Balaban J connectivity index is 3.13. The molecule has 0 atom stereocenters. The zero-order chi connectivity index (χ0) is 12.2.